The first-order valence-corrected chi connectivity index (χ1v) is 7.23. The van der Waals surface area contributed by atoms with Crippen LogP contribution in [0.15, 0.2) is 41.3 Å². The summed E-state index contributed by atoms with van der Waals surface area (Å²) in [5.41, 5.74) is 0.0671. The van der Waals surface area contributed by atoms with Crippen LogP contribution in [0.5, 0.6) is 0 Å². The Kier molecular flexibility index (Phi) is 4.22. The minimum Gasteiger partial charge on any atom is -0.308 e. The van der Waals surface area contributed by atoms with Gasteiger partial charge in [-0.1, -0.05) is 40.5 Å². The van der Waals surface area contributed by atoms with Crippen LogP contribution >= 0.6 is 23.2 Å². The van der Waals surface area contributed by atoms with Gasteiger partial charge in [-0.15, -0.1) is 5.10 Å². The number of carbonyl (C=O) groups excluding carboxylic acids is 1. The first kappa shape index (κ1) is 15.4. The van der Waals surface area contributed by atoms with E-state index in [0.29, 0.717) is 15.9 Å². The number of aromatic nitrogens is 4. The predicted molar refractivity (Wildman–Crippen MR) is 86.7 cm³/mol. The van der Waals surface area contributed by atoms with Gasteiger partial charge >= 0.3 is 0 Å². The largest absolute Gasteiger partial charge is 0.308 e. The molecule has 0 saturated carbocycles. The second kappa shape index (κ2) is 6.31. The molecule has 3 rings (SSSR count). The zero-order chi connectivity index (χ0) is 16.4. The average molecular weight is 350 g/mol. The summed E-state index contributed by atoms with van der Waals surface area (Å²) in [4.78, 5) is 28.2. The van der Waals surface area contributed by atoms with Crippen molar-refractivity contribution in [1.82, 2.24) is 20.0 Å². The first-order valence-electron chi connectivity index (χ1n) is 6.48. The third kappa shape index (κ3) is 3.30. The number of rotatable bonds is 3. The number of nitrogens with zero attached hydrogens (tertiary/aromatic N) is 4. The molecule has 0 spiro atoms. The van der Waals surface area contributed by atoms with Crippen LogP contribution in [0.2, 0.25) is 10.0 Å². The van der Waals surface area contributed by atoms with E-state index in [-0.39, 0.29) is 17.4 Å². The molecule has 2 heterocycles. The minimum atomic E-state index is -0.506. The summed E-state index contributed by atoms with van der Waals surface area (Å²) in [6.45, 7) is -0.308. The highest BCUT2D eigenvalue weighted by Crippen LogP contribution is 2.22. The number of fused-ring (bicyclic) bond motifs is 1. The maximum Gasteiger partial charge on any atom is 0.278 e. The van der Waals surface area contributed by atoms with Crippen molar-refractivity contribution in [3.8, 4) is 0 Å². The molecular weight excluding hydrogens is 341 g/mol. The second-order valence-electron chi connectivity index (χ2n) is 4.60. The van der Waals surface area contributed by atoms with Crippen LogP contribution in [-0.4, -0.2) is 25.9 Å². The Morgan fingerprint density at radius 2 is 2.04 bits per heavy atom. The van der Waals surface area contributed by atoms with Gasteiger partial charge in [0.15, 0.2) is 5.82 Å². The fourth-order valence-electron chi connectivity index (χ4n) is 1.94. The molecule has 3 aromatic rings. The van der Waals surface area contributed by atoms with E-state index in [0.717, 1.165) is 4.68 Å². The number of carbonyl (C=O) groups is 1. The van der Waals surface area contributed by atoms with Crippen molar-refractivity contribution >= 4 is 45.8 Å². The second-order valence-corrected chi connectivity index (χ2v) is 5.45. The van der Waals surface area contributed by atoms with E-state index in [1.807, 2.05) is 0 Å². The van der Waals surface area contributed by atoms with E-state index in [4.69, 9.17) is 23.2 Å². The average Bonchev–Trinajstić information content (AvgIpc) is 2.53. The molecule has 0 bridgehead atoms. The molecule has 1 N–H and O–H groups in total. The third-order valence-corrected chi connectivity index (χ3v) is 3.48. The lowest BCUT2D eigenvalue weighted by atomic mass is 10.2. The lowest BCUT2D eigenvalue weighted by molar-refractivity contribution is -0.117. The van der Waals surface area contributed by atoms with Crippen LogP contribution < -0.4 is 10.9 Å². The van der Waals surface area contributed by atoms with E-state index in [9.17, 15) is 9.59 Å². The highest BCUT2D eigenvalue weighted by molar-refractivity contribution is 6.36. The maximum atomic E-state index is 12.2. The van der Waals surface area contributed by atoms with Crippen molar-refractivity contribution in [2.24, 2.45) is 0 Å². The third-order valence-electron chi connectivity index (χ3n) is 2.99. The molecule has 0 saturated heterocycles. The predicted octanol–water partition coefficient (Wildman–Crippen LogP) is 2.13. The molecule has 0 aliphatic rings. The molecule has 1 aromatic carbocycles. The van der Waals surface area contributed by atoms with Gasteiger partial charge in [0.05, 0.1) is 15.4 Å². The van der Waals surface area contributed by atoms with Gasteiger partial charge < -0.3 is 5.32 Å². The van der Waals surface area contributed by atoms with Crippen molar-refractivity contribution < 1.29 is 4.79 Å². The van der Waals surface area contributed by atoms with Gasteiger partial charge in [-0.05, 0) is 18.2 Å². The Morgan fingerprint density at radius 1 is 1.26 bits per heavy atom. The highest BCUT2D eigenvalue weighted by atomic mass is 35.5. The number of halogens is 2. The molecule has 23 heavy (non-hydrogen) atoms. The molecule has 0 atom stereocenters. The van der Waals surface area contributed by atoms with E-state index in [1.54, 1.807) is 24.3 Å². The smallest absolute Gasteiger partial charge is 0.278 e. The molecule has 2 aromatic heterocycles. The number of nitrogens with one attached hydrogen (secondary N) is 1. The lowest BCUT2D eigenvalue weighted by Gasteiger charge is -2.07. The molecule has 0 radical (unpaired) electrons. The maximum absolute atomic E-state index is 12.2. The van der Waals surface area contributed by atoms with Gasteiger partial charge in [0.1, 0.15) is 12.1 Å². The summed E-state index contributed by atoms with van der Waals surface area (Å²) >= 11 is 11.7. The summed E-state index contributed by atoms with van der Waals surface area (Å²) in [6, 6.07) is 8.21. The molecule has 0 aliphatic carbocycles. The summed E-state index contributed by atoms with van der Waals surface area (Å²) in [5.74, 6) is -0.351. The number of pyridine rings is 1. The van der Waals surface area contributed by atoms with E-state index in [2.05, 4.69) is 20.6 Å². The van der Waals surface area contributed by atoms with Gasteiger partial charge in [0, 0.05) is 6.20 Å². The summed E-state index contributed by atoms with van der Waals surface area (Å²) < 4.78 is 0.974. The normalized spacial score (nSPS) is 10.7. The topological polar surface area (TPSA) is 89.8 Å². The van der Waals surface area contributed by atoms with Gasteiger partial charge in [-0.2, -0.15) is 0 Å². The van der Waals surface area contributed by atoms with Gasteiger partial charge in [-0.3, -0.25) is 9.59 Å². The van der Waals surface area contributed by atoms with Crippen molar-refractivity contribution in [2.45, 2.75) is 6.54 Å². The standard InChI is InChI=1S/C14H9Cl2N5O2/c15-8-5-10(16)13(17-6-8)18-12(22)7-21-14(23)9-3-1-2-4-11(9)19-20-21/h1-6H,7H2,(H,17,18,22). The molecule has 9 heteroatoms. The van der Waals surface area contributed by atoms with Crippen LogP contribution in [0.4, 0.5) is 5.82 Å². The summed E-state index contributed by atoms with van der Waals surface area (Å²) in [5, 5.41) is 11.1. The Balaban J connectivity index is 1.83. The van der Waals surface area contributed by atoms with Gasteiger partial charge in [0.2, 0.25) is 5.91 Å². The van der Waals surface area contributed by atoms with Crippen molar-refractivity contribution in [3.05, 3.63) is 56.9 Å². The van der Waals surface area contributed by atoms with E-state index in [1.165, 1.54) is 12.3 Å². The number of anilines is 1. The minimum absolute atomic E-state index is 0.155. The molecular formula is C14H9Cl2N5O2. The van der Waals surface area contributed by atoms with Crippen LogP contribution in [0.3, 0.4) is 0 Å². The molecule has 1 amide bonds. The molecule has 7 nitrogen and oxygen atoms in total. The molecule has 0 unspecified atom stereocenters. The number of amides is 1. The summed E-state index contributed by atoms with van der Waals surface area (Å²) in [7, 11) is 0. The molecule has 0 aliphatic heterocycles. The Labute approximate surface area is 139 Å². The zero-order valence-electron chi connectivity index (χ0n) is 11.5. The fourth-order valence-corrected chi connectivity index (χ4v) is 2.37. The fraction of sp³-hybridized carbons (Fsp3) is 0.0714. The summed E-state index contributed by atoms with van der Waals surface area (Å²) in [6.07, 6.45) is 1.35. The van der Waals surface area contributed by atoms with E-state index >= 15 is 0 Å². The number of benzene rings is 1. The van der Waals surface area contributed by atoms with Crippen molar-refractivity contribution in [2.75, 3.05) is 5.32 Å². The highest BCUT2D eigenvalue weighted by Gasteiger charge is 2.12. The first-order chi connectivity index (χ1) is 11.0. The van der Waals surface area contributed by atoms with E-state index < -0.39 is 11.5 Å². The SMILES string of the molecule is O=C(Cn1nnc2ccccc2c1=O)Nc1ncc(Cl)cc1Cl. The number of hydrogen-bond donors (Lipinski definition) is 1. The lowest BCUT2D eigenvalue weighted by Crippen LogP contribution is -2.30. The van der Waals surface area contributed by atoms with Crippen LogP contribution in [0.25, 0.3) is 10.9 Å². The quantitative estimate of drug-likeness (QED) is 0.782. The monoisotopic (exact) mass is 349 g/mol. The van der Waals surface area contributed by atoms with Crippen LogP contribution in [0, 0.1) is 0 Å². The molecule has 0 fully saturated rings. The number of hydrogen-bond acceptors (Lipinski definition) is 5. The van der Waals surface area contributed by atoms with Crippen molar-refractivity contribution in [3.63, 3.8) is 0 Å². The Bertz CT molecular complexity index is 957. The van der Waals surface area contributed by atoms with Gasteiger partial charge in [-0.25, -0.2) is 9.67 Å². The Morgan fingerprint density at radius 3 is 2.83 bits per heavy atom. The Hall–Kier alpha value is -2.51. The molecule has 116 valence electrons. The zero-order valence-corrected chi connectivity index (χ0v) is 13.0. The van der Waals surface area contributed by atoms with Gasteiger partial charge in [0.25, 0.3) is 5.56 Å². The van der Waals surface area contributed by atoms with Crippen LogP contribution in [0.1, 0.15) is 0 Å². The van der Waals surface area contributed by atoms with Crippen LogP contribution in [-0.2, 0) is 11.3 Å². The van der Waals surface area contributed by atoms with Crippen molar-refractivity contribution in [1.29, 1.82) is 0 Å².